The summed E-state index contributed by atoms with van der Waals surface area (Å²) in [5.74, 6) is 0.0193. The molecule has 2 atom stereocenters. The topological polar surface area (TPSA) is 58.6 Å². The number of nitrogens with zero attached hydrogens (tertiary/aromatic N) is 1. The van der Waals surface area contributed by atoms with E-state index in [9.17, 15) is 9.59 Å². The highest BCUT2D eigenvalue weighted by molar-refractivity contribution is 5.96. The minimum atomic E-state index is -0.397. The van der Waals surface area contributed by atoms with Crippen LogP contribution in [0.5, 0.6) is 0 Å². The van der Waals surface area contributed by atoms with E-state index in [1.54, 1.807) is 11.8 Å². The Morgan fingerprint density at radius 2 is 2.00 bits per heavy atom. The van der Waals surface area contributed by atoms with E-state index in [0.29, 0.717) is 13.0 Å². The van der Waals surface area contributed by atoms with Gasteiger partial charge in [0.15, 0.2) is 0 Å². The molecule has 2 aliphatic rings. The van der Waals surface area contributed by atoms with Gasteiger partial charge in [-0.25, -0.2) is 0 Å². The van der Waals surface area contributed by atoms with Crippen molar-refractivity contribution in [3.05, 3.63) is 0 Å². The van der Waals surface area contributed by atoms with Gasteiger partial charge in [0.05, 0.1) is 6.10 Å². The zero-order valence-electron chi connectivity index (χ0n) is 11.3. The van der Waals surface area contributed by atoms with Gasteiger partial charge in [0.2, 0.25) is 11.8 Å². The molecular formula is C13H22N2O3. The fourth-order valence-corrected chi connectivity index (χ4v) is 2.83. The lowest BCUT2D eigenvalue weighted by Gasteiger charge is -2.48. The molecule has 1 saturated carbocycles. The van der Waals surface area contributed by atoms with Crippen LogP contribution < -0.4 is 5.32 Å². The molecule has 1 N–H and O–H groups in total. The summed E-state index contributed by atoms with van der Waals surface area (Å²) in [6.45, 7) is 6.38. The predicted octanol–water partition coefficient (Wildman–Crippen LogP) is 0.679. The zero-order chi connectivity index (χ0) is 13.3. The Morgan fingerprint density at radius 1 is 1.33 bits per heavy atom. The lowest BCUT2D eigenvalue weighted by Crippen LogP contribution is -2.67. The second kappa shape index (κ2) is 5.26. The Hall–Kier alpha value is -1.10. The average Bonchev–Trinajstić information content (AvgIpc) is 2.28. The molecule has 1 saturated heterocycles. The van der Waals surface area contributed by atoms with E-state index in [2.05, 4.69) is 5.32 Å². The first kappa shape index (κ1) is 13.3. The van der Waals surface area contributed by atoms with Gasteiger partial charge in [-0.1, -0.05) is 6.92 Å². The first-order valence-electron chi connectivity index (χ1n) is 6.82. The summed E-state index contributed by atoms with van der Waals surface area (Å²) >= 11 is 0. The van der Waals surface area contributed by atoms with Crippen LogP contribution in [0.1, 0.15) is 40.0 Å². The number of carbonyl (C=O) groups excluding carboxylic acids is 2. The molecule has 0 spiro atoms. The molecule has 2 fully saturated rings. The second-order valence-electron chi connectivity index (χ2n) is 5.10. The molecule has 5 heteroatoms. The first-order chi connectivity index (χ1) is 8.58. The summed E-state index contributed by atoms with van der Waals surface area (Å²) in [7, 11) is 0. The number of hydrogen-bond donors (Lipinski definition) is 1. The van der Waals surface area contributed by atoms with Gasteiger partial charge in [-0.05, 0) is 33.1 Å². The number of hydrogen-bond acceptors (Lipinski definition) is 3. The highest BCUT2D eigenvalue weighted by Crippen LogP contribution is 2.32. The Bertz CT molecular complexity index is 339. The summed E-state index contributed by atoms with van der Waals surface area (Å²) in [5, 5.41) is 2.74. The third-order valence-electron chi connectivity index (χ3n) is 3.87. The number of carbonyl (C=O) groups is 2. The van der Waals surface area contributed by atoms with Crippen LogP contribution in [0, 0.1) is 0 Å². The van der Waals surface area contributed by atoms with Crippen LogP contribution in [0.2, 0.25) is 0 Å². The number of piperazine rings is 1. The Balaban J connectivity index is 2.04. The molecule has 0 aromatic rings. The standard InChI is InChI=1S/C13H22N2O3/c1-4-11-12(16)14-8(3)13(17)15(11)9-6-10(7-9)18-5-2/h8-11H,4-7H2,1-3H3,(H,14,16). The van der Waals surface area contributed by atoms with Gasteiger partial charge >= 0.3 is 0 Å². The fraction of sp³-hybridized carbons (Fsp3) is 0.846. The summed E-state index contributed by atoms with van der Waals surface area (Å²) in [4.78, 5) is 25.9. The predicted molar refractivity (Wildman–Crippen MR) is 67.0 cm³/mol. The van der Waals surface area contributed by atoms with Crippen molar-refractivity contribution in [3.63, 3.8) is 0 Å². The van der Waals surface area contributed by atoms with E-state index in [1.165, 1.54) is 0 Å². The van der Waals surface area contributed by atoms with Crippen molar-refractivity contribution >= 4 is 11.8 Å². The van der Waals surface area contributed by atoms with Gasteiger partial charge in [0.1, 0.15) is 12.1 Å². The van der Waals surface area contributed by atoms with Gasteiger partial charge in [0.25, 0.3) is 0 Å². The molecule has 5 nitrogen and oxygen atoms in total. The molecule has 2 rings (SSSR count). The van der Waals surface area contributed by atoms with Crippen LogP contribution in [-0.2, 0) is 14.3 Å². The van der Waals surface area contributed by atoms with Crippen molar-refractivity contribution in [1.82, 2.24) is 10.2 Å². The minimum absolute atomic E-state index is 0.0236. The van der Waals surface area contributed by atoms with Crippen LogP contribution >= 0.6 is 0 Å². The number of rotatable bonds is 4. The first-order valence-corrected chi connectivity index (χ1v) is 6.82. The van der Waals surface area contributed by atoms with E-state index in [1.807, 2.05) is 13.8 Å². The maximum absolute atomic E-state index is 12.2. The smallest absolute Gasteiger partial charge is 0.245 e. The van der Waals surface area contributed by atoms with Crippen molar-refractivity contribution < 1.29 is 14.3 Å². The van der Waals surface area contributed by atoms with Crippen molar-refractivity contribution in [2.24, 2.45) is 0 Å². The SMILES string of the molecule is CCOC1CC(N2C(=O)C(C)NC(=O)C2CC)C1. The number of nitrogens with one attached hydrogen (secondary N) is 1. The molecule has 1 aliphatic carbocycles. The number of ether oxygens (including phenoxy) is 1. The lowest BCUT2D eigenvalue weighted by atomic mass is 9.85. The van der Waals surface area contributed by atoms with Crippen LogP contribution in [-0.4, -0.2) is 47.6 Å². The lowest BCUT2D eigenvalue weighted by molar-refractivity contribution is -0.158. The molecule has 102 valence electrons. The highest BCUT2D eigenvalue weighted by atomic mass is 16.5. The molecule has 2 unspecified atom stereocenters. The van der Waals surface area contributed by atoms with Crippen molar-refractivity contribution in [3.8, 4) is 0 Å². The van der Waals surface area contributed by atoms with Crippen molar-refractivity contribution in [2.75, 3.05) is 6.61 Å². The molecule has 0 bridgehead atoms. The molecule has 18 heavy (non-hydrogen) atoms. The molecule has 1 aliphatic heterocycles. The second-order valence-corrected chi connectivity index (χ2v) is 5.10. The van der Waals surface area contributed by atoms with E-state index < -0.39 is 6.04 Å². The monoisotopic (exact) mass is 254 g/mol. The van der Waals surface area contributed by atoms with Gasteiger partial charge in [-0.2, -0.15) is 0 Å². The van der Waals surface area contributed by atoms with Crippen LogP contribution in [0.25, 0.3) is 0 Å². The van der Waals surface area contributed by atoms with E-state index in [-0.39, 0.29) is 30.0 Å². The fourth-order valence-electron chi connectivity index (χ4n) is 2.83. The summed E-state index contributed by atoms with van der Waals surface area (Å²) < 4.78 is 5.52. The third kappa shape index (κ3) is 2.23. The minimum Gasteiger partial charge on any atom is -0.378 e. The van der Waals surface area contributed by atoms with E-state index in [0.717, 1.165) is 12.8 Å². The van der Waals surface area contributed by atoms with Crippen LogP contribution in [0.15, 0.2) is 0 Å². The van der Waals surface area contributed by atoms with Crippen molar-refractivity contribution in [1.29, 1.82) is 0 Å². The molecule has 0 aromatic carbocycles. The quantitative estimate of drug-likeness (QED) is 0.802. The van der Waals surface area contributed by atoms with Gasteiger partial charge in [-0.15, -0.1) is 0 Å². The highest BCUT2D eigenvalue weighted by Gasteiger charge is 2.45. The number of amides is 2. The molecule has 2 amide bonds. The van der Waals surface area contributed by atoms with Gasteiger partial charge < -0.3 is 15.0 Å². The van der Waals surface area contributed by atoms with Crippen molar-refractivity contribution in [2.45, 2.75) is 64.3 Å². The average molecular weight is 254 g/mol. The zero-order valence-corrected chi connectivity index (χ0v) is 11.3. The summed E-state index contributed by atoms with van der Waals surface area (Å²) in [6.07, 6.45) is 2.64. The van der Waals surface area contributed by atoms with E-state index in [4.69, 9.17) is 4.74 Å². The summed E-state index contributed by atoms with van der Waals surface area (Å²) in [5.41, 5.74) is 0. The molecule has 0 radical (unpaired) electrons. The Labute approximate surface area is 108 Å². The van der Waals surface area contributed by atoms with Crippen LogP contribution in [0.4, 0.5) is 0 Å². The molecule has 0 aromatic heterocycles. The van der Waals surface area contributed by atoms with Gasteiger partial charge in [-0.3, -0.25) is 9.59 Å². The maximum atomic E-state index is 12.2. The Morgan fingerprint density at radius 3 is 2.56 bits per heavy atom. The Kier molecular flexibility index (Phi) is 3.90. The van der Waals surface area contributed by atoms with Crippen LogP contribution in [0.3, 0.4) is 0 Å². The largest absolute Gasteiger partial charge is 0.378 e. The summed E-state index contributed by atoms with van der Waals surface area (Å²) in [6, 6.07) is -0.528. The van der Waals surface area contributed by atoms with Gasteiger partial charge in [0, 0.05) is 12.6 Å². The third-order valence-corrected chi connectivity index (χ3v) is 3.87. The normalized spacial score (nSPS) is 36.3. The van der Waals surface area contributed by atoms with E-state index >= 15 is 0 Å². The maximum Gasteiger partial charge on any atom is 0.245 e. The molecular weight excluding hydrogens is 232 g/mol. The molecule has 1 heterocycles.